The van der Waals surface area contributed by atoms with E-state index in [0.29, 0.717) is 58.3 Å². The number of ether oxygens (including phenoxy) is 4. The fourth-order valence-corrected chi connectivity index (χ4v) is 6.14. The Morgan fingerprint density at radius 3 is 1.85 bits per heavy atom. The summed E-state index contributed by atoms with van der Waals surface area (Å²) >= 11 is 9.85. The number of rotatable bonds is 12. The fraction of sp³-hybridized carbons (Fsp3) is 0.645. The van der Waals surface area contributed by atoms with E-state index in [2.05, 4.69) is 78.7 Å². The van der Waals surface area contributed by atoms with Crippen LogP contribution in [0.25, 0.3) is 0 Å². The van der Waals surface area contributed by atoms with Crippen molar-refractivity contribution in [1.82, 2.24) is 15.0 Å². The van der Waals surface area contributed by atoms with Crippen LogP contribution in [0.15, 0.2) is 32.1 Å². The first kappa shape index (κ1) is 44.2. The molecule has 48 heavy (non-hydrogen) atoms. The van der Waals surface area contributed by atoms with Gasteiger partial charge in [0.1, 0.15) is 26.9 Å². The first-order chi connectivity index (χ1) is 22.6. The molecule has 13 nitrogen and oxygen atoms in total. The zero-order valence-corrected chi connectivity index (χ0v) is 33.5. The summed E-state index contributed by atoms with van der Waals surface area (Å²) in [5, 5.41) is 9.32. The maximum Gasteiger partial charge on any atom is 0.325 e. The molecule has 0 bridgehead atoms. The molecule has 4 rings (SSSR count). The minimum Gasteiger partial charge on any atom is -0.465 e. The summed E-state index contributed by atoms with van der Waals surface area (Å²) in [5.41, 5.74) is 6.45. The number of halogens is 4. The van der Waals surface area contributed by atoms with Crippen LogP contribution in [-0.4, -0.2) is 91.7 Å². The van der Waals surface area contributed by atoms with Gasteiger partial charge < -0.3 is 40.6 Å². The minimum atomic E-state index is -0.316. The Bertz CT molecular complexity index is 1220. The number of hydrogen-bond acceptors (Lipinski definition) is 13. The highest BCUT2D eigenvalue weighted by Gasteiger charge is 2.22. The molecule has 0 amide bonds. The number of carbonyl (C=O) groups is 2. The van der Waals surface area contributed by atoms with Crippen LogP contribution in [0, 0.1) is 0 Å². The molecule has 2 aromatic rings. The number of carbonyl (C=O) groups excluding carboxylic acids is 2. The Hall–Kier alpha value is -1.82. The number of nitrogens with two attached hydrogens (primary N) is 1. The van der Waals surface area contributed by atoms with Crippen LogP contribution in [-0.2, 0) is 28.5 Å². The van der Waals surface area contributed by atoms with Crippen molar-refractivity contribution in [3.05, 3.63) is 32.1 Å². The molecular weight excluding hydrogens is 842 g/mol. The molecule has 0 spiro atoms. The largest absolute Gasteiger partial charge is 0.465 e. The molecule has 0 atom stereocenters. The molecule has 2 aromatic heterocycles. The van der Waals surface area contributed by atoms with Crippen molar-refractivity contribution in [2.45, 2.75) is 89.5 Å². The molecule has 272 valence electrons. The van der Waals surface area contributed by atoms with E-state index < -0.39 is 0 Å². The van der Waals surface area contributed by atoms with Crippen molar-refractivity contribution in [3.63, 3.8) is 0 Å². The van der Waals surface area contributed by atoms with E-state index in [4.69, 9.17) is 24.7 Å². The molecule has 0 aliphatic heterocycles. The van der Waals surface area contributed by atoms with Crippen LogP contribution in [0.3, 0.4) is 0 Å². The lowest BCUT2D eigenvalue weighted by Gasteiger charge is -2.29. The van der Waals surface area contributed by atoms with E-state index in [9.17, 15) is 9.59 Å². The molecular formula is C31H49Br3ClN7O6. The standard InChI is InChI=1S/C15H23BrN4O3.C9H10Br2N2O2.C7H15NO.ClH/c1-3-23-13(21)9-18-14-15(20-12(16)8-17-14)19-10-4-6-11(22-2)7-5-10;1-2-15-8(14)5-12-6-3-4-7(10)13-9(6)11;1-9-7-4-2-6(8)3-5-7;/h8,10-11H,3-7,9H2,1-2H3,(H,17,18)(H,19,20);3-4,12H,2,5H2,1H3;6-7H,2-5,8H2,1H3;1H. The van der Waals surface area contributed by atoms with E-state index >= 15 is 0 Å². The zero-order chi connectivity index (χ0) is 34.6. The van der Waals surface area contributed by atoms with Gasteiger partial charge in [-0.3, -0.25) is 9.59 Å². The number of anilines is 3. The quantitative estimate of drug-likeness (QED) is 0.135. The molecule has 0 saturated heterocycles. The van der Waals surface area contributed by atoms with E-state index in [0.717, 1.165) is 61.7 Å². The highest BCUT2D eigenvalue weighted by atomic mass is 79.9. The first-order valence-electron chi connectivity index (χ1n) is 15.8. The maximum absolute atomic E-state index is 11.5. The van der Waals surface area contributed by atoms with Crippen molar-refractivity contribution in [2.75, 3.05) is 56.5 Å². The predicted molar refractivity (Wildman–Crippen MR) is 201 cm³/mol. The summed E-state index contributed by atoms with van der Waals surface area (Å²) in [7, 11) is 3.54. The summed E-state index contributed by atoms with van der Waals surface area (Å²) in [6.07, 6.45) is 11.1. The van der Waals surface area contributed by atoms with Gasteiger partial charge in [0.05, 0.1) is 37.3 Å². The number of esters is 2. The van der Waals surface area contributed by atoms with Gasteiger partial charge in [0.25, 0.3) is 0 Å². The summed E-state index contributed by atoms with van der Waals surface area (Å²) in [4.78, 5) is 35.4. The average molecular weight is 891 g/mol. The Balaban J connectivity index is 0.000000395. The summed E-state index contributed by atoms with van der Waals surface area (Å²) in [6.45, 7) is 4.50. The Morgan fingerprint density at radius 2 is 1.33 bits per heavy atom. The van der Waals surface area contributed by atoms with Gasteiger partial charge in [-0.05, 0) is 125 Å². The minimum absolute atomic E-state index is 0. The maximum atomic E-state index is 11.5. The van der Waals surface area contributed by atoms with E-state index in [-0.39, 0.29) is 37.4 Å². The van der Waals surface area contributed by atoms with Crippen molar-refractivity contribution >= 4 is 89.5 Å². The van der Waals surface area contributed by atoms with Crippen LogP contribution >= 0.6 is 60.2 Å². The van der Waals surface area contributed by atoms with Crippen LogP contribution in [0.2, 0.25) is 0 Å². The summed E-state index contributed by atoms with van der Waals surface area (Å²) < 4.78 is 22.3. The van der Waals surface area contributed by atoms with Gasteiger partial charge in [0.2, 0.25) is 0 Å². The predicted octanol–water partition coefficient (Wildman–Crippen LogP) is 6.49. The average Bonchev–Trinajstić information content (AvgIpc) is 3.06. The number of nitrogens with one attached hydrogen (secondary N) is 3. The lowest BCUT2D eigenvalue weighted by molar-refractivity contribution is -0.141. The van der Waals surface area contributed by atoms with Crippen molar-refractivity contribution in [1.29, 1.82) is 0 Å². The highest BCUT2D eigenvalue weighted by Crippen LogP contribution is 2.27. The normalized spacial score (nSPS) is 19.9. The van der Waals surface area contributed by atoms with E-state index in [1.807, 2.05) is 6.07 Å². The van der Waals surface area contributed by atoms with Crippen LogP contribution < -0.4 is 21.7 Å². The number of pyridine rings is 1. The van der Waals surface area contributed by atoms with Gasteiger partial charge in [0.15, 0.2) is 11.6 Å². The monoisotopic (exact) mass is 887 g/mol. The van der Waals surface area contributed by atoms with Gasteiger partial charge in [-0.15, -0.1) is 12.4 Å². The topological polar surface area (TPSA) is 172 Å². The van der Waals surface area contributed by atoms with Crippen LogP contribution in [0.5, 0.6) is 0 Å². The molecule has 2 heterocycles. The second-order valence-corrected chi connectivity index (χ2v) is 13.2. The van der Waals surface area contributed by atoms with Gasteiger partial charge in [-0.2, -0.15) is 0 Å². The third kappa shape index (κ3) is 17.7. The zero-order valence-electron chi connectivity index (χ0n) is 27.9. The molecule has 2 aliphatic rings. The summed E-state index contributed by atoms with van der Waals surface area (Å²) in [6, 6.07) is 4.38. The van der Waals surface area contributed by atoms with E-state index in [1.165, 1.54) is 0 Å². The highest BCUT2D eigenvalue weighted by molar-refractivity contribution is 9.11. The molecule has 0 unspecified atom stereocenters. The molecule has 17 heteroatoms. The Morgan fingerprint density at radius 1 is 0.792 bits per heavy atom. The second kappa shape index (κ2) is 25.2. The molecule has 0 radical (unpaired) electrons. The number of aromatic nitrogens is 3. The fourth-order valence-electron chi connectivity index (χ4n) is 4.85. The van der Waals surface area contributed by atoms with Gasteiger partial charge in [0, 0.05) is 26.3 Å². The smallest absolute Gasteiger partial charge is 0.325 e. The first-order valence-corrected chi connectivity index (χ1v) is 18.2. The molecule has 2 aliphatic carbocycles. The number of nitrogens with zero attached hydrogens (tertiary/aromatic N) is 3. The SMILES string of the molecule is CCOC(=O)CNc1ccc(Br)nc1Br.CCOC(=O)CNc1ncc(Br)nc1NC1CCC(OC)CC1.COC1CCC(N)CC1.Cl. The lowest BCUT2D eigenvalue weighted by atomic mass is 9.93. The summed E-state index contributed by atoms with van der Waals surface area (Å²) in [5.74, 6) is 0.593. The molecule has 0 aromatic carbocycles. The molecule has 2 fully saturated rings. The third-order valence-electron chi connectivity index (χ3n) is 7.39. The van der Waals surface area contributed by atoms with Crippen molar-refractivity contribution in [2.24, 2.45) is 5.73 Å². The molecule has 5 N–H and O–H groups in total. The van der Waals surface area contributed by atoms with Crippen LogP contribution in [0.4, 0.5) is 17.3 Å². The van der Waals surface area contributed by atoms with E-state index in [1.54, 1.807) is 40.3 Å². The third-order valence-corrected chi connectivity index (χ3v) is 8.82. The van der Waals surface area contributed by atoms with Crippen LogP contribution in [0.1, 0.15) is 65.2 Å². The van der Waals surface area contributed by atoms with Gasteiger partial charge >= 0.3 is 11.9 Å². The number of hydrogen-bond donors (Lipinski definition) is 4. The number of methoxy groups -OCH3 is 2. The van der Waals surface area contributed by atoms with Gasteiger partial charge in [-0.25, -0.2) is 15.0 Å². The lowest BCUT2D eigenvalue weighted by Crippen LogP contribution is -2.30. The van der Waals surface area contributed by atoms with Crippen molar-refractivity contribution < 1.29 is 28.5 Å². The second-order valence-electron chi connectivity index (χ2n) is 10.8. The molecule has 2 saturated carbocycles. The Kier molecular flexibility index (Phi) is 23.2. The Labute approximate surface area is 315 Å². The van der Waals surface area contributed by atoms with Gasteiger partial charge in [-0.1, -0.05) is 0 Å². The van der Waals surface area contributed by atoms with Crippen molar-refractivity contribution in [3.8, 4) is 0 Å².